The van der Waals surface area contributed by atoms with Gasteiger partial charge in [0.15, 0.2) is 0 Å². The van der Waals surface area contributed by atoms with Crippen molar-refractivity contribution in [3.63, 3.8) is 0 Å². The fourth-order valence-corrected chi connectivity index (χ4v) is 3.75. The van der Waals surface area contributed by atoms with E-state index >= 15 is 0 Å². The summed E-state index contributed by atoms with van der Waals surface area (Å²) in [5.41, 5.74) is 3.63. The zero-order valence-electron chi connectivity index (χ0n) is 21.1. The molecule has 8 heteroatoms. The highest BCUT2D eigenvalue weighted by Crippen LogP contribution is 2.38. The van der Waals surface area contributed by atoms with Crippen molar-refractivity contribution in [3.05, 3.63) is 70.1 Å². The van der Waals surface area contributed by atoms with Crippen LogP contribution in [0.4, 0.5) is 11.4 Å². The molecule has 3 aromatic rings. The maximum Gasteiger partial charge on any atom is 0.300 e. The van der Waals surface area contributed by atoms with Crippen molar-refractivity contribution < 1.29 is 14.3 Å². The second-order valence-corrected chi connectivity index (χ2v) is 8.45. The fourth-order valence-electron chi connectivity index (χ4n) is 3.75. The summed E-state index contributed by atoms with van der Waals surface area (Å²) >= 11 is 0. The number of rotatable bonds is 8. The molecule has 0 bridgehead atoms. The minimum absolute atomic E-state index is 0.219. The SMILES string of the molecule is C#CC(=O)Nc1ccc(Oc2c(C)cccc2C)c(-c2cc(NC(C)C(=O)NCC)c(=O)n(C)c2)c1. The first-order valence-corrected chi connectivity index (χ1v) is 11.6. The molecule has 1 atom stereocenters. The molecule has 0 saturated carbocycles. The van der Waals surface area contributed by atoms with E-state index in [9.17, 15) is 14.4 Å². The van der Waals surface area contributed by atoms with Gasteiger partial charge in [0.2, 0.25) is 5.91 Å². The van der Waals surface area contributed by atoms with Crippen molar-refractivity contribution >= 4 is 23.2 Å². The van der Waals surface area contributed by atoms with Crippen molar-refractivity contribution in [1.29, 1.82) is 0 Å². The predicted molar refractivity (Wildman–Crippen MR) is 142 cm³/mol. The number of likely N-dealkylation sites (N-methyl/N-ethyl adjacent to an activating group) is 1. The van der Waals surface area contributed by atoms with Gasteiger partial charge in [-0.2, -0.15) is 0 Å². The second-order valence-electron chi connectivity index (χ2n) is 8.45. The van der Waals surface area contributed by atoms with Gasteiger partial charge in [-0.25, -0.2) is 0 Å². The highest BCUT2D eigenvalue weighted by molar-refractivity contribution is 6.04. The largest absolute Gasteiger partial charge is 0.456 e. The van der Waals surface area contributed by atoms with Gasteiger partial charge in [-0.05, 0) is 69.0 Å². The Morgan fingerprint density at radius 2 is 1.83 bits per heavy atom. The van der Waals surface area contributed by atoms with Crippen LogP contribution in [0.25, 0.3) is 11.1 Å². The molecule has 8 nitrogen and oxygen atoms in total. The molecule has 2 aromatic carbocycles. The van der Waals surface area contributed by atoms with Gasteiger partial charge in [0, 0.05) is 36.6 Å². The Hall–Kier alpha value is -4.51. The lowest BCUT2D eigenvalue weighted by Gasteiger charge is -2.19. The highest BCUT2D eigenvalue weighted by atomic mass is 16.5. The van der Waals surface area contributed by atoms with Gasteiger partial charge in [-0.15, -0.1) is 6.42 Å². The number of hydrogen-bond donors (Lipinski definition) is 3. The van der Waals surface area contributed by atoms with Gasteiger partial charge in [-0.1, -0.05) is 18.2 Å². The van der Waals surface area contributed by atoms with E-state index in [0.29, 0.717) is 34.9 Å². The predicted octanol–water partition coefficient (Wildman–Crippen LogP) is 3.97. The molecular formula is C28H30N4O4. The Morgan fingerprint density at radius 3 is 2.47 bits per heavy atom. The monoisotopic (exact) mass is 486 g/mol. The third-order valence-corrected chi connectivity index (χ3v) is 5.60. The Morgan fingerprint density at radius 1 is 1.14 bits per heavy atom. The molecule has 0 radical (unpaired) electrons. The average molecular weight is 487 g/mol. The number of amides is 2. The van der Waals surface area contributed by atoms with Crippen molar-refractivity contribution in [3.8, 4) is 35.0 Å². The summed E-state index contributed by atoms with van der Waals surface area (Å²) in [5, 5.41) is 8.39. The third-order valence-electron chi connectivity index (χ3n) is 5.60. The standard InChI is InChI=1S/C28H30N4O4/c1-7-25(33)31-21-12-13-24(36-26-17(3)10-9-11-18(26)4)22(15-21)20-14-23(28(35)32(6)16-20)30-19(5)27(34)29-8-2/h1,9-16,19,30H,8H2,2-6H3,(H,29,34)(H,31,33). The van der Waals surface area contributed by atoms with Crippen LogP contribution in [0, 0.1) is 26.2 Å². The maximum atomic E-state index is 12.8. The third kappa shape index (κ3) is 5.94. The molecule has 1 aromatic heterocycles. The van der Waals surface area contributed by atoms with Crippen LogP contribution in [0.3, 0.4) is 0 Å². The number of benzene rings is 2. The summed E-state index contributed by atoms with van der Waals surface area (Å²) in [4.78, 5) is 36.9. The zero-order chi connectivity index (χ0) is 26.4. The summed E-state index contributed by atoms with van der Waals surface area (Å²) in [6, 6.07) is 12.1. The van der Waals surface area contributed by atoms with E-state index in [0.717, 1.165) is 11.1 Å². The molecule has 0 aliphatic rings. The summed E-state index contributed by atoms with van der Waals surface area (Å²) < 4.78 is 7.78. The van der Waals surface area contributed by atoms with Crippen LogP contribution in [-0.4, -0.2) is 29.0 Å². The molecule has 0 spiro atoms. The molecule has 186 valence electrons. The first-order chi connectivity index (χ1) is 17.1. The molecule has 2 amide bonds. The van der Waals surface area contributed by atoms with Crippen LogP contribution in [-0.2, 0) is 16.6 Å². The minimum atomic E-state index is -0.625. The minimum Gasteiger partial charge on any atom is -0.456 e. The number of aryl methyl sites for hydroxylation is 3. The van der Waals surface area contributed by atoms with Gasteiger partial charge in [-0.3, -0.25) is 14.4 Å². The molecule has 3 N–H and O–H groups in total. The van der Waals surface area contributed by atoms with E-state index in [2.05, 4.69) is 16.0 Å². The first-order valence-electron chi connectivity index (χ1n) is 11.6. The molecule has 0 saturated heterocycles. The van der Waals surface area contributed by atoms with E-state index in [1.807, 2.05) is 44.9 Å². The molecular weight excluding hydrogens is 456 g/mol. The summed E-state index contributed by atoms with van der Waals surface area (Å²) in [6.45, 7) is 7.91. The lowest BCUT2D eigenvalue weighted by molar-refractivity contribution is -0.121. The summed E-state index contributed by atoms with van der Waals surface area (Å²) in [6.07, 6.45) is 6.89. The summed E-state index contributed by atoms with van der Waals surface area (Å²) in [7, 11) is 1.63. The van der Waals surface area contributed by atoms with E-state index in [4.69, 9.17) is 11.2 Å². The molecule has 0 aliphatic heterocycles. The average Bonchev–Trinajstić information content (AvgIpc) is 2.84. The normalized spacial score (nSPS) is 11.2. The van der Waals surface area contributed by atoms with Gasteiger partial charge < -0.3 is 25.3 Å². The maximum absolute atomic E-state index is 12.8. The Labute approximate surface area is 210 Å². The van der Waals surface area contributed by atoms with Crippen molar-refractivity contribution in [1.82, 2.24) is 9.88 Å². The number of nitrogens with zero attached hydrogens (tertiary/aromatic N) is 1. The number of anilines is 2. The van der Waals surface area contributed by atoms with Crippen molar-refractivity contribution in [2.24, 2.45) is 7.05 Å². The van der Waals surface area contributed by atoms with Gasteiger partial charge >= 0.3 is 0 Å². The molecule has 36 heavy (non-hydrogen) atoms. The topological polar surface area (TPSA) is 101 Å². The van der Waals surface area contributed by atoms with Gasteiger partial charge in [0.1, 0.15) is 23.2 Å². The van der Waals surface area contributed by atoms with Crippen molar-refractivity contribution in [2.45, 2.75) is 33.7 Å². The Kier molecular flexibility index (Phi) is 8.18. The number of para-hydroxylation sites is 1. The molecule has 3 rings (SSSR count). The van der Waals surface area contributed by atoms with Crippen LogP contribution in [0.2, 0.25) is 0 Å². The number of carbonyl (C=O) groups excluding carboxylic acids is 2. The Bertz CT molecular complexity index is 1380. The smallest absolute Gasteiger partial charge is 0.300 e. The van der Waals surface area contributed by atoms with Crippen LogP contribution in [0.5, 0.6) is 11.5 Å². The van der Waals surface area contributed by atoms with E-state index < -0.39 is 11.9 Å². The number of pyridine rings is 1. The number of hydrogen-bond acceptors (Lipinski definition) is 5. The number of nitrogens with one attached hydrogen (secondary N) is 3. The lowest BCUT2D eigenvalue weighted by Crippen LogP contribution is -2.39. The number of carbonyl (C=O) groups is 2. The van der Waals surface area contributed by atoms with Crippen LogP contribution in [0.15, 0.2) is 53.5 Å². The van der Waals surface area contributed by atoms with Gasteiger partial charge in [0.25, 0.3) is 11.5 Å². The first kappa shape index (κ1) is 26.1. The zero-order valence-corrected chi connectivity index (χ0v) is 21.1. The lowest BCUT2D eigenvalue weighted by atomic mass is 10.0. The second kappa shape index (κ2) is 11.3. The summed E-state index contributed by atoms with van der Waals surface area (Å²) in [5.74, 6) is 2.47. The van der Waals surface area contributed by atoms with E-state index in [-0.39, 0.29) is 17.2 Å². The van der Waals surface area contributed by atoms with Gasteiger partial charge in [0.05, 0.1) is 0 Å². The highest BCUT2D eigenvalue weighted by Gasteiger charge is 2.18. The molecule has 0 aliphatic carbocycles. The van der Waals surface area contributed by atoms with Crippen LogP contribution < -0.4 is 26.2 Å². The van der Waals surface area contributed by atoms with E-state index in [1.165, 1.54) is 4.57 Å². The number of terminal acetylenes is 1. The molecule has 1 heterocycles. The quantitative estimate of drug-likeness (QED) is 0.418. The number of aromatic nitrogens is 1. The number of ether oxygens (including phenoxy) is 1. The molecule has 0 fully saturated rings. The van der Waals surface area contributed by atoms with Crippen LogP contribution >= 0.6 is 0 Å². The molecule has 1 unspecified atom stereocenters. The van der Waals surface area contributed by atoms with Crippen molar-refractivity contribution in [2.75, 3.05) is 17.2 Å². The van der Waals surface area contributed by atoms with Crippen LogP contribution in [0.1, 0.15) is 25.0 Å². The fraction of sp³-hybridized carbons (Fsp3) is 0.250. The van der Waals surface area contributed by atoms with E-state index in [1.54, 1.807) is 44.4 Å². The Balaban J connectivity index is 2.13.